The van der Waals surface area contributed by atoms with Crippen LogP contribution in [0, 0.1) is 17.1 Å². The summed E-state index contributed by atoms with van der Waals surface area (Å²) in [5, 5.41) is 4.60. The van der Waals surface area contributed by atoms with Gasteiger partial charge in [-0.15, -0.1) is 10.6 Å². The number of nitrogens with zero attached hydrogens (tertiary/aromatic N) is 2. The van der Waals surface area contributed by atoms with Gasteiger partial charge in [-0.1, -0.05) is 0 Å². The number of methoxy groups -OCH3 is 1. The molecule has 0 bridgehead atoms. The van der Waals surface area contributed by atoms with Crippen LogP contribution in [0.2, 0.25) is 0 Å². The van der Waals surface area contributed by atoms with Crippen molar-refractivity contribution < 1.29 is 40.5 Å². The van der Waals surface area contributed by atoms with Crippen molar-refractivity contribution in [3.05, 3.63) is 52.8 Å². The smallest absolute Gasteiger partial charge is 0.385 e. The van der Waals surface area contributed by atoms with Gasteiger partial charge in [-0.05, 0) is 24.3 Å². The predicted octanol–water partition coefficient (Wildman–Crippen LogP) is 5.58. The van der Waals surface area contributed by atoms with Gasteiger partial charge in [-0.2, -0.15) is 14.0 Å². The molecule has 0 aromatic heterocycles. The molecule has 0 radical (unpaired) electrons. The molecule has 0 aliphatic carbocycles. The minimum atomic E-state index is -4.83. The van der Waals surface area contributed by atoms with Crippen molar-refractivity contribution in [1.82, 2.24) is 0 Å². The molecule has 1 aliphatic heterocycles. The van der Waals surface area contributed by atoms with Crippen LogP contribution in [-0.2, 0) is 4.74 Å². The lowest BCUT2D eigenvalue weighted by Gasteiger charge is -2.33. The van der Waals surface area contributed by atoms with E-state index in [1.165, 1.54) is 7.11 Å². The Kier molecular flexibility index (Phi) is 6.24. The molecular weight excluding hydrogens is 447 g/mol. The third-order valence-electron chi connectivity index (χ3n) is 4.36. The number of benzene rings is 2. The summed E-state index contributed by atoms with van der Waals surface area (Å²) in [6.45, 7) is -0.464. The topological polar surface area (TPSA) is 95.1 Å². The molecule has 1 aliphatic rings. The normalized spacial score (nSPS) is 18.6. The fraction of sp³-hybridized carbons (Fsp3) is 0.263. The lowest BCUT2D eigenvalue weighted by atomic mass is 10.0. The monoisotopic (exact) mass is 462 g/mol. The van der Waals surface area contributed by atoms with Crippen LogP contribution in [0.25, 0.3) is 0 Å². The van der Waals surface area contributed by atoms with Crippen molar-refractivity contribution in [2.45, 2.75) is 16.6 Å². The first-order chi connectivity index (χ1) is 14.5. The van der Waals surface area contributed by atoms with Gasteiger partial charge < -0.3 is 9.47 Å². The van der Waals surface area contributed by atoms with Gasteiger partial charge in [0.05, 0.1) is 35.2 Å². The number of ether oxygens (including phenoxy) is 2. The molecule has 12 heteroatoms. The van der Waals surface area contributed by atoms with Crippen LogP contribution < -0.4 is 4.74 Å². The Morgan fingerprint density at radius 1 is 1.23 bits per heavy atom. The zero-order chi connectivity index (χ0) is 23.0. The second-order valence-corrected chi connectivity index (χ2v) is 8.38. The number of rotatable bonds is 6. The first-order valence-electron chi connectivity index (χ1n) is 8.58. The summed E-state index contributed by atoms with van der Waals surface area (Å²) in [5.41, 5.74) is -3.28. The lowest BCUT2D eigenvalue weighted by molar-refractivity contribution is 0.146. The molecule has 2 N–H and O–H groups in total. The van der Waals surface area contributed by atoms with Gasteiger partial charge in [0.15, 0.2) is 0 Å². The zero-order valence-electron chi connectivity index (χ0n) is 15.8. The quantitative estimate of drug-likeness (QED) is 0.432. The lowest BCUT2D eigenvalue weighted by Crippen LogP contribution is -2.29. The van der Waals surface area contributed by atoms with E-state index in [1.54, 1.807) is 6.07 Å². The van der Waals surface area contributed by atoms with Crippen molar-refractivity contribution in [2.24, 2.45) is 4.99 Å². The van der Waals surface area contributed by atoms with Crippen molar-refractivity contribution in [3.8, 4) is 17.6 Å². The molecule has 2 aromatic carbocycles. The van der Waals surface area contributed by atoms with Crippen LogP contribution in [0.3, 0.4) is 0 Å². The third kappa shape index (κ3) is 3.97. The summed E-state index contributed by atoms with van der Waals surface area (Å²) in [5.74, 6) is -1.83. The first kappa shape index (κ1) is 23.0. The van der Waals surface area contributed by atoms with Crippen LogP contribution in [0.5, 0.6) is 11.5 Å². The Hall–Kier alpha value is -2.72. The standard InChI is InChI=1S/C19H15F5N2O4S/c1-29-5-4-26-17-16-14(31(27,28)19(17,23)24)3-2-13(15(16)18(21)22)30-12-7-10(9-25)6-11(20)8-12/h2-3,6-8,18,27-28H,4-5H2,1H3. The molecular formula is C19H15F5N2O4S. The molecule has 2 aromatic rings. The highest BCUT2D eigenvalue weighted by atomic mass is 32.3. The molecule has 0 unspecified atom stereocenters. The Labute approximate surface area is 174 Å². The molecule has 0 atom stereocenters. The van der Waals surface area contributed by atoms with Gasteiger partial charge in [-0.25, -0.2) is 13.2 Å². The SMILES string of the molecule is COCCN=C1c2c(ccc(Oc3cc(F)cc(C#N)c3)c2C(F)F)S(O)(O)C1(F)F. The van der Waals surface area contributed by atoms with Crippen LogP contribution in [-0.4, -0.2) is 40.3 Å². The van der Waals surface area contributed by atoms with Crippen LogP contribution in [0.15, 0.2) is 40.2 Å². The summed E-state index contributed by atoms with van der Waals surface area (Å²) in [4.78, 5) is 2.79. The fourth-order valence-corrected chi connectivity index (χ4v) is 4.48. The number of hydrogen-bond donors (Lipinski definition) is 2. The Bertz CT molecular complexity index is 1090. The van der Waals surface area contributed by atoms with Crippen molar-refractivity contribution in [3.63, 3.8) is 0 Å². The Morgan fingerprint density at radius 3 is 2.55 bits per heavy atom. The number of nitriles is 1. The van der Waals surface area contributed by atoms with E-state index < -0.39 is 55.6 Å². The zero-order valence-corrected chi connectivity index (χ0v) is 16.6. The van der Waals surface area contributed by atoms with Crippen LogP contribution >= 0.6 is 10.6 Å². The van der Waals surface area contributed by atoms with E-state index in [0.717, 1.165) is 30.3 Å². The van der Waals surface area contributed by atoms with Gasteiger partial charge >= 0.3 is 5.25 Å². The van der Waals surface area contributed by atoms with E-state index in [4.69, 9.17) is 14.7 Å². The summed E-state index contributed by atoms with van der Waals surface area (Å²) in [7, 11) is -3.55. The van der Waals surface area contributed by atoms with Gasteiger partial charge in [0.1, 0.15) is 23.0 Å². The highest BCUT2D eigenvalue weighted by Crippen LogP contribution is 2.69. The number of alkyl halides is 4. The molecule has 1 heterocycles. The maximum Gasteiger partial charge on any atom is 0.385 e. The Balaban J connectivity index is 2.21. The molecule has 0 fully saturated rings. The van der Waals surface area contributed by atoms with E-state index >= 15 is 0 Å². The number of fused-ring (bicyclic) bond motifs is 1. The third-order valence-corrected chi connectivity index (χ3v) is 6.22. The highest BCUT2D eigenvalue weighted by Gasteiger charge is 2.60. The minimum absolute atomic E-state index is 0.117. The largest absolute Gasteiger partial charge is 0.457 e. The van der Waals surface area contributed by atoms with Gasteiger partial charge in [-0.3, -0.25) is 14.1 Å². The number of hydrogen-bond acceptors (Lipinski definition) is 6. The molecule has 31 heavy (non-hydrogen) atoms. The second kappa shape index (κ2) is 8.43. The maximum absolute atomic E-state index is 14.8. The molecule has 0 spiro atoms. The molecule has 6 nitrogen and oxygen atoms in total. The summed E-state index contributed by atoms with van der Waals surface area (Å²) in [6.07, 6.45) is -3.38. The summed E-state index contributed by atoms with van der Waals surface area (Å²) < 4.78 is 101. The molecule has 166 valence electrons. The summed E-state index contributed by atoms with van der Waals surface area (Å²) >= 11 is 0. The van der Waals surface area contributed by atoms with Gasteiger partial charge in [0, 0.05) is 18.7 Å². The van der Waals surface area contributed by atoms with E-state index in [1.807, 2.05) is 0 Å². The van der Waals surface area contributed by atoms with Gasteiger partial charge in [0.25, 0.3) is 6.43 Å². The molecule has 0 amide bonds. The van der Waals surface area contributed by atoms with Crippen molar-refractivity contribution in [2.75, 3.05) is 20.3 Å². The summed E-state index contributed by atoms with van der Waals surface area (Å²) in [6, 6.07) is 6.12. The van der Waals surface area contributed by atoms with E-state index in [-0.39, 0.29) is 24.5 Å². The second-order valence-electron chi connectivity index (χ2n) is 6.33. The Morgan fingerprint density at radius 2 is 1.94 bits per heavy atom. The predicted molar refractivity (Wildman–Crippen MR) is 102 cm³/mol. The van der Waals surface area contributed by atoms with E-state index in [0.29, 0.717) is 0 Å². The average molecular weight is 462 g/mol. The number of aliphatic imine (C=N–C) groups is 1. The maximum atomic E-state index is 14.8. The fourth-order valence-electron chi connectivity index (χ4n) is 3.02. The first-order valence-corrected chi connectivity index (χ1v) is 10.1. The highest BCUT2D eigenvalue weighted by molar-refractivity contribution is 8.26. The molecule has 0 saturated heterocycles. The van der Waals surface area contributed by atoms with Crippen molar-refractivity contribution in [1.29, 1.82) is 5.26 Å². The van der Waals surface area contributed by atoms with Crippen LogP contribution in [0.1, 0.15) is 23.1 Å². The molecule has 3 rings (SSSR count). The van der Waals surface area contributed by atoms with E-state index in [9.17, 15) is 31.1 Å². The average Bonchev–Trinajstić information content (AvgIpc) is 2.84. The number of halogens is 5. The molecule has 0 saturated carbocycles. The van der Waals surface area contributed by atoms with Crippen LogP contribution in [0.4, 0.5) is 22.0 Å². The van der Waals surface area contributed by atoms with E-state index in [2.05, 4.69) is 4.99 Å². The van der Waals surface area contributed by atoms with Crippen molar-refractivity contribution >= 4 is 16.3 Å². The van der Waals surface area contributed by atoms with Gasteiger partial charge in [0.2, 0.25) is 0 Å². The minimum Gasteiger partial charge on any atom is -0.457 e.